The zero-order valence-corrected chi connectivity index (χ0v) is 15.3. The first kappa shape index (κ1) is 15.6. The van der Waals surface area contributed by atoms with Gasteiger partial charge in [0.05, 0.1) is 12.1 Å². The van der Waals surface area contributed by atoms with Gasteiger partial charge in [0.25, 0.3) is 0 Å². The number of rotatable bonds is 3. The second kappa shape index (κ2) is 6.53. The zero-order valence-electron chi connectivity index (χ0n) is 13.7. The number of piperazine rings is 1. The van der Waals surface area contributed by atoms with E-state index in [1.807, 2.05) is 24.7 Å². The molecule has 1 aromatic carbocycles. The molecule has 0 unspecified atom stereocenters. The van der Waals surface area contributed by atoms with Gasteiger partial charge in [-0.3, -0.25) is 9.88 Å². The van der Waals surface area contributed by atoms with E-state index in [0.717, 1.165) is 48.5 Å². The number of hydrogen-bond donors (Lipinski definition) is 0. The van der Waals surface area contributed by atoms with Crippen molar-refractivity contribution in [2.75, 3.05) is 31.1 Å². The highest BCUT2D eigenvalue weighted by Gasteiger charge is 2.20. The molecule has 0 radical (unpaired) electrons. The normalized spacial score (nSPS) is 16.0. The van der Waals surface area contributed by atoms with Gasteiger partial charge in [-0.1, -0.05) is 15.9 Å². The first-order valence-corrected chi connectivity index (χ1v) is 8.98. The molecule has 1 aliphatic heterocycles. The molecule has 1 fully saturated rings. The third-order valence-electron chi connectivity index (χ3n) is 4.68. The van der Waals surface area contributed by atoms with Crippen LogP contribution in [0.3, 0.4) is 0 Å². The maximum absolute atomic E-state index is 4.48. The maximum Gasteiger partial charge on any atom is 0.122 e. The zero-order chi connectivity index (χ0) is 16.5. The summed E-state index contributed by atoms with van der Waals surface area (Å²) in [6.07, 6.45) is 5.78. The van der Waals surface area contributed by atoms with Gasteiger partial charge in [0.2, 0.25) is 0 Å². The van der Waals surface area contributed by atoms with E-state index in [4.69, 9.17) is 0 Å². The number of fused-ring (bicyclic) bond motifs is 1. The Labute approximate surface area is 150 Å². The van der Waals surface area contributed by atoms with Crippen LogP contribution in [0.5, 0.6) is 0 Å². The largest absolute Gasteiger partial charge is 0.368 e. The van der Waals surface area contributed by atoms with Gasteiger partial charge in [-0.25, -0.2) is 4.98 Å². The number of aromatic nitrogens is 3. The molecule has 0 bridgehead atoms. The van der Waals surface area contributed by atoms with Gasteiger partial charge in [0.1, 0.15) is 5.82 Å². The van der Waals surface area contributed by atoms with Crippen LogP contribution in [0.15, 0.2) is 47.3 Å². The first-order chi connectivity index (χ1) is 11.7. The summed E-state index contributed by atoms with van der Waals surface area (Å²) in [4.78, 5) is 13.8. The number of benzene rings is 1. The average Bonchev–Trinajstić information content (AvgIpc) is 3.00. The number of anilines is 1. The Hall–Kier alpha value is -1.92. The molecule has 0 atom stereocenters. The van der Waals surface area contributed by atoms with Gasteiger partial charge < -0.3 is 9.47 Å². The lowest BCUT2D eigenvalue weighted by Gasteiger charge is -2.36. The van der Waals surface area contributed by atoms with Gasteiger partial charge in [-0.2, -0.15) is 0 Å². The predicted octanol–water partition coefficient (Wildman–Crippen LogP) is 3.05. The second-order valence-corrected chi connectivity index (χ2v) is 7.12. The summed E-state index contributed by atoms with van der Waals surface area (Å²) < 4.78 is 3.19. The molecule has 5 nitrogen and oxygen atoms in total. The summed E-state index contributed by atoms with van der Waals surface area (Å²) in [6, 6.07) is 8.41. The molecule has 1 saturated heterocycles. The van der Waals surface area contributed by atoms with Crippen molar-refractivity contribution in [3.8, 4) is 0 Å². The van der Waals surface area contributed by atoms with Crippen molar-refractivity contribution in [1.82, 2.24) is 19.4 Å². The fourth-order valence-corrected chi connectivity index (χ4v) is 3.64. The van der Waals surface area contributed by atoms with Crippen molar-refractivity contribution >= 4 is 32.5 Å². The molecule has 0 aliphatic carbocycles. The number of pyridine rings is 1. The van der Waals surface area contributed by atoms with E-state index in [1.165, 1.54) is 11.1 Å². The monoisotopic (exact) mass is 385 g/mol. The average molecular weight is 386 g/mol. The lowest BCUT2D eigenvalue weighted by molar-refractivity contribution is 0.242. The van der Waals surface area contributed by atoms with Crippen molar-refractivity contribution in [2.45, 2.75) is 6.54 Å². The van der Waals surface area contributed by atoms with Gasteiger partial charge in [0, 0.05) is 67.4 Å². The maximum atomic E-state index is 4.48. The highest BCUT2D eigenvalue weighted by molar-refractivity contribution is 9.10. The van der Waals surface area contributed by atoms with E-state index in [-0.39, 0.29) is 0 Å². The third-order valence-corrected chi connectivity index (χ3v) is 5.17. The van der Waals surface area contributed by atoms with Crippen LogP contribution in [0.25, 0.3) is 10.9 Å². The Bertz CT molecular complexity index is 851. The Morgan fingerprint density at radius 2 is 1.88 bits per heavy atom. The summed E-state index contributed by atoms with van der Waals surface area (Å²) >= 11 is 3.58. The van der Waals surface area contributed by atoms with Crippen LogP contribution in [0.2, 0.25) is 0 Å². The Morgan fingerprint density at radius 3 is 2.62 bits per heavy atom. The highest BCUT2D eigenvalue weighted by Crippen LogP contribution is 2.28. The van der Waals surface area contributed by atoms with Crippen LogP contribution in [-0.4, -0.2) is 45.6 Å². The van der Waals surface area contributed by atoms with Gasteiger partial charge in [0.15, 0.2) is 0 Å². The van der Waals surface area contributed by atoms with Crippen molar-refractivity contribution in [3.63, 3.8) is 0 Å². The summed E-state index contributed by atoms with van der Waals surface area (Å²) in [5, 5.41) is 1.21. The molecule has 3 heterocycles. The van der Waals surface area contributed by atoms with Crippen LogP contribution >= 0.6 is 15.9 Å². The summed E-state index contributed by atoms with van der Waals surface area (Å²) in [7, 11) is 2.06. The highest BCUT2D eigenvalue weighted by atomic mass is 79.9. The lowest BCUT2D eigenvalue weighted by Crippen LogP contribution is -2.46. The minimum absolute atomic E-state index is 0.917. The lowest BCUT2D eigenvalue weighted by atomic mass is 10.1. The van der Waals surface area contributed by atoms with Crippen LogP contribution in [0, 0.1) is 0 Å². The number of imidazole rings is 1. The Balaban J connectivity index is 1.50. The number of halogens is 1. The topological polar surface area (TPSA) is 37.2 Å². The SMILES string of the molecule is Cn1ccnc1CN1CCN(c2ccnc3ccc(Br)cc23)CC1. The number of nitrogens with zero attached hydrogens (tertiary/aromatic N) is 5. The molecule has 0 saturated carbocycles. The van der Waals surface area contributed by atoms with Crippen LogP contribution < -0.4 is 4.90 Å². The summed E-state index contributed by atoms with van der Waals surface area (Å²) in [5.74, 6) is 1.13. The molecule has 2 aromatic heterocycles. The molecule has 24 heavy (non-hydrogen) atoms. The molecule has 0 N–H and O–H groups in total. The minimum atomic E-state index is 0.917. The molecule has 3 aromatic rings. The van der Waals surface area contributed by atoms with Crippen LogP contribution in [0.4, 0.5) is 5.69 Å². The van der Waals surface area contributed by atoms with Crippen LogP contribution in [0.1, 0.15) is 5.82 Å². The quantitative estimate of drug-likeness (QED) is 0.694. The minimum Gasteiger partial charge on any atom is -0.368 e. The smallest absolute Gasteiger partial charge is 0.122 e. The van der Waals surface area contributed by atoms with E-state index in [9.17, 15) is 0 Å². The van der Waals surface area contributed by atoms with Crippen LogP contribution in [-0.2, 0) is 13.6 Å². The molecular formula is C18H20BrN5. The molecular weight excluding hydrogens is 366 g/mol. The molecule has 0 spiro atoms. The van der Waals surface area contributed by atoms with E-state index in [0.29, 0.717) is 0 Å². The Kier molecular flexibility index (Phi) is 4.24. The molecule has 124 valence electrons. The molecule has 4 rings (SSSR count). The van der Waals surface area contributed by atoms with Crippen molar-refractivity contribution in [2.24, 2.45) is 7.05 Å². The predicted molar refractivity (Wildman–Crippen MR) is 100 cm³/mol. The number of aryl methyl sites for hydroxylation is 1. The molecule has 6 heteroatoms. The summed E-state index contributed by atoms with van der Waals surface area (Å²) in [6.45, 7) is 5.06. The standard InChI is InChI=1S/C18H20BrN5/c1-22-7-6-21-18(22)13-23-8-10-24(11-9-23)17-4-5-20-16-3-2-14(19)12-15(16)17/h2-7,12H,8-11,13H2,1H3. The van der Waals surface area contributed by atoms with Crippen molar-refractivity contribution in [3.05, 3.63) is 53.2 Å². The number of hydrogen-bond acceptors (Lipinski definition) is 4. The van der Waals surface area contributed by atoms with Crippen molar-refractivity contribution in [1.29, 1.82) is 0 Å². The fraction of sp³-hybridized carbons (Fsp3) is 0.333. The summed E-state index contributed by atoms with van der Waals surface area (Å²) in [5.41, 5.74) is 2.32. The first-order valence-electron chi connectivity index (χ1n) is 8.18. The Morgan fingerprint density at radius 1 is 1.04 bits per heavy atom. The second-order valence-electron chi connectivity index (χ2n) is 6.21. The fourth-order valence-electron chi connectivity index (χ4n) is 3.28. The molecule has 1 aliphatic rings. The van der Waals surface area contributed by atoms with E-state index < -0.39 is 0 Å². The van der Waals surface area contributed by atoms with E-state index in [1.54, 1.807) is 0 Å². The van der Waals surface area contributed by atoms with Crippen molar-refractivity contribution < 1.29 is 0 Å². The van der Waals surface area contributed by atoms with Gasteiger partial charge >= 0.3 is 0 Å². The van der Waals surface area contributed by atoms with E-state index in [2.05, 4.69) is 65.5 Å². The molecule has 0 amide bonds. The van der Waals surface area contributed by atoms with Gasteiger partial charge in [-0.05, 0) is 24.3 Å². The van der Waals surface area contributed by atoms with E-state index >= 15 is 0 Å². The van der Waals surface area contributed by atoms with Gasteiger partial charge in [-0.15, -0.1) is 0 Å². The third kappa shape index (κ3) is 3.03.